The summed E-state index contributed by atoms with van der Waals surface area (Å²) >= 11 is 0. The van der Waals surface area contributed by atoms with Gasteiger partial charge in [-0.25, -0.2) is 8.78 Å². The summed E-state index contributed by atoms with van der Waals surface area (Å²) in [4.78, 5) is 12.0. The van der Waals surface area contributed by atoms with E-state index in [-0.39, 0.29) is 16.4 Å². The van der Waals surface area contributed by atoms with E-state index in [1.165, 1.54) is 12.1 Å². The molecule has 0 aliphatic carbocycles. The maximum Gasteiger partial charge on any atom is 0.203 e. The van der Waals surface area contributed by atoms with E-state index in [0.29, 0.717) is 5.58 Å². The normalized spacial score (nSPS) is 11.2. The third kappa shape index (κ3) is 1.34. The molecule has 1 aromatic heterocycles. The molecule has 0 saturated heterocycles. The fourth-order valence-corrected chi connectivity index (χ4v) is 1.83. The standard InChI is InChI=1S/C13H6F2O2/c14-8-5-6-10-11(12(8)15)13(16)7-3-1-2-4-9(7)17-10/h1-6H. The van der Waals surface area contributed by atoms with Gasteiger partial charge in [0.2, 0.25) is 5.43 Å². The van der Waals surface area contributed by atoms with Gasteiger partial charge in [0.15, 0.2) is 11.6 Å². The number of fused-ring (bicyclic) bond motifs is 2. The monoisotopic (exact) mass is 232 g/mol. The summed E-state index contributed by atoms with van der Waals surface area (Å²) in [6, 6.07) is 8.67. The van der Waals surface area contributed by atoms with Crippen LogP contribution in [0.5, 0.6) is 0 Å². The minimum Gasteiger partial charge on any atom is -0.456 e. The van der Waals surface area contributed by atoms with Gasteiger partial charge in [-0.15, -0.1) is 0 Å². The van der Waals surface area contributed by atoms with Gasteiger partial charge < -0.3 is 4.42 Å². The first-order valence-electron chi connectivity index (χ1n) is 4.98. The molecule has 0 amide bonds. The van der Waals surface area contributed by atoms with E-state index >= 15 is 0 Å². The molecular weight excluding hydrogens is 226 g/mol. The highest BCUT2D eigenvalue weighted by Crippen LogP contribution is 2.21. The first kappa shape index (κ1) is 9.96. The van der Waals surface area contributed by atoms with Gasteiger partial charge in [-0.3, -0.25) is 4.79 Å². The third-order valence-electron chi connectivity index (χ3n) is 2.64. The van der Waals surface area contributed by atoms with Crippen LogP contribution in [0, 0.1) is 11.6 Å². The molecule has 0 fully saturated rings. The van der Waals surface area contributed by atoms with Crippen molar-refractivity contribution in [1.82, 2.24) is 0 Å². The first-order valence-corrected chi connectivity index (χ1v) is 4.98. The summed E-state index contributed by atoms with van der Waals surface area (Å²) in [5, 5.41) is -0.104. The number of hydrogen-bond acceptors (Lipinski definition) is 2. The van der Waals surface area contributed by atoms with Gasteiger partial charge in [0.25, 0.3) is 0 Å². The minimum atomic E-state index is -1.16. The lowest BCUT2D eigenvalue weighted by atomic mass is 10.1. The van der Waals surface area contributed by atoms with Crippen LogP contribution in [0.3, 0.4) is 0 Å². The van der Waals surface area contributed by atoms with E-state index < -0.39 is 17.1 Å². The minimum absolute atomic E-state index is 0.0487. The maximum atomic E-state index is 13.6. The molecule has 0 atom stereocenters. The molecule has 0 bridgehead atoms. The van der Waals surface area contributed by atoms with Crippen molar-refractivity contribution < 1.29 is 13.2 Å². The van der Waals surface area contributed by atoms with Crippen molar-refractivity contribution in [3.63, 3.8) is 0 Å². The first-order chi connectivity index (χ1) is 8.18. The van der Waals surface area contributed by atoms with E-state index in [1.807, 2.05) is 0 Å². The van der Waals surface area contributed by atoms with Crippen LogP contribution in [-0.2, 0) is 0 Å². The van der Waals surface area contributed by atoms with E-state index in [2.05, 4.69) is 0 Å². The zero-order valence-electron chi connectivity index (χ0n) is 8.54. The predicted octanol–water partition coefficient (Wildman–Crippen LogP) is 3.22. The van der Waals surface area contributed by atoms with E-state index in [0.717, 1.165) is 6.07 Å². The molecule has 0 N–H and O–H groups in total. The molecule has 0 radical (unpaired) electrons. The highest BCUT2D eigenvalue weighted by molar-refractivity contribution is 5.89. The van der Waals surface area contributed by atoms with Crippen LogP contribution in [0.4, 0.5) is 8.78 Å². The highest BCUT2D eigenvalue weighted by atomic mass is 19.2. The average molecular weight is 232 g/mol. The molecule has 0 aliphatic rings. The van der Waals surface area contributed by atoms with Gasteiger partial charge in [-0.2, -0.15) is 0 Å². The molecule has 4 heteroatoms. The molecule has 0 saturated carbocycles. The van der Waals surface area contributed by atoms with Crippen molar-refractivity contribution in [2.75, 3.05) is 0 Å². The molecule has 3 aromatic rings. The van der Waals surface area contributed by atoms with Crippen LogP contribution in [0.1, 0.15) is 0 Å². The van der Waals surface area contributed by atoms with Gasteiger partial charge in [0, 0.05) is 0 Å². The third-order valence-corrected chi connectivity index (χ3v) is 2.64. The molecule has 0 unspecified atom stereocenters. The largest absolute Gasteiger partial charge is 0.456 e. The Hall–Kier alpha value is -2.23. The van der Waals surface area contributed by atoms with Crippen LogP contribution < -0.4 is 5.43 Å². The Labute approximate surface area is 94.1 Å². The fraction of sp³-hybridized carbons (Fsp3) is 0. The Morgan fingerprint density at radius 1 is 0.941 bits per heavy atom. The van der Waals surface area contributed by atoms with Crippen molar-refractivity contribution in [2.24, 2.45) is 0 Å². The summed E-state index contributed by atoms with van der Waals surface area (Å²) in [6.45, 7) is 0. The lowest BCUT2D eigenvalue weighted by Crippen LogP contribution is -2.05. The van der Waals surface area contributed by atoms with Gasteiger partial charge in [0.05, 0.1) is 5.39 Å². The molecule has 3 rings (SSSR count). The predicted molar refractivity (Wildman–Crippen MR) is 59.9 cm³/mol. The second-order valence-electron chi connectivity index (χ2n) is 3.66. The summed E-state index contributed by atoms with van der Waals surface area (Å²) < 4.78 is 32.0. The summed E-state index contributed by atoms with van der Waals surface area (Å²) in [5.41, 5.74) is -0.151. The smallest absolute Gasteiger partial charge is 0.203 e. The van der Waals surface area contributed by atoms with Crippen LogP contribution in [0.15, 0.2) is 45.6 Å². The van der Waals surface area contributed by atoms with Crippen LogP contribution in [0.25, 0.3) is 21.9 Å². The number of hydrogen-bond donors (Lipinski definition) is 0. The van der Waals surface area contributed by atoms with E-state index in [4.69, 9.17) is 4.42 Å². The Morgan fingerprint density at radius 2 is 1.71 bits per heavy atom. The second kappa shape index (κ2) is 3.38. The van der Waals surface area contributed by atoms with E-state index in [1.54, 1.807) is 18.2 Å². The highest BCUT2D eigenvalue weighted by Gasteiger charge is 2.14. The molecular formula is C13H6F2O2. The van der Waals surface area contributed by atoms with Gasteiger partial charge in [0.1, 0.15) is 16.6 Å². The maximum absolute atomic E-state index is 13.6. The molecule has 17 heavy (non-hydrogen) atoms. The van der Waals surface area contributed by atoms with Crippen molar-refractivity contribution in [3.8, 4) is 0 Å². The van der Waals surface area contributed by atoms with Gasteiger partial charge in [-0.05, 0) is 24.3 Å². The number of para-hydroxylation sites is 1. The zero-order chi connectivity index (χ0) is 12.0. The molecule has 2 aromatic carbocycles. The molecule has 2 nitrogen and oxygen atoms in total. The van der Waals surface area contributed by atoms with Gasteiger partial charge >= 0.3 is 0 Å². The molecule has 0 spiro atoms. The summed E-state index contributed by atoms with van der Waals surface area (Å²) in [5.74, 6) is -2.22. The Balaban J connectivity index is 2.66. The van der Waals surface area contributed by atoms with Crippen molar-refractivity contribution in [2.45, 2.75) is 0 Å². The lowest BCUT2D eigenvalue weighted by molar-refractivity contribution is 0.513. The van der Waals surface area contributed by atoms with Crippen LogP contribution >= 0.6 is 0 Å². The van der Waals surface area contributed by atoms with Crippen molar-refractivity contribution >= 4 is 21.9 Å². The van der Waals surface area contributed by atoms with E-state index in [9.17, 15) is 13.6 Å². The van der Waals surface area contributed by atoms with Crippen LogP contribution in [0.2, 0.25) is 0 Å². The Bertz CT molecular complexity index is 790. The Kier molecular flexibility index (Phi) is 1.98. The molecule has 0 aliphatic heterocycles. The number of benzene rings is 2. The van der Waals surface area contributed by atoms with Crippen molar-refractivity contribution in [3.05, 3.63) is 58.3 Å². The summed E-state index contributed by atoms with van der Waals surface area (Å²) in [7, 11) is 0. The average Bonchev–Trinajstić information content (AvgIpc) is 2.34. The number of rotatable bonds is 0. The topological polar surface area (TPSA) is 30.2 Å². The quantitative estimate of drug-likeness (QED) is 0.557. The Morgan fingerprint density at radius 3 is 2.53 bits per heavy atom. The second-order valence-corrected chi connectivity index (χ2v) is 3.66. The lowest BCUT2D eigenvalue weighted by Gasteiger charge is -2.02. The zero-order valence-corrected chi connectivity index (χ0v) is 8.54. The molecule has 1 heterocycles. The SMILES string of the molecule is O=c1c2ccccc2oc2ccc(F)c(F)c12. The fourth-order valence-electron chi connectivity index (χ4n) is 1.83. The van der Waals surface area contributed by atoms with Crippen molar-refractivity contribution in [1.29, 1.82) is 0 Å². The summed E-state index contributed by atoms with van der Waals surface area (Å²) in [6.07, 6.45) is 0. The van der Waals surface area contributed by atoms with Crippen LogP contribution in [-0.4, -0.2) is 0 Å². The van der Waals surface area contributed by atoms with Gasteiger partial charge in [-0.1, -0.05) is 12.1 Å². The molecule has 84 valence electrons. The number of halogens is 2.